The Kier molecular flexibility index (Phi) is 6.75. The molecule has 0 spiro atoms. The first-order valence-corrected chi connectivity index (χ1v) is 9.85. The van der Waals surface area contributed by atoms with Gasteiger partial charge in [-0.3, -0.25) is 20.2 Å². The van der Waals surface area contributed by atoms with Gasteiger partial charge < -0.3 is 14.4 Å². The van der Waals surface area contributed by atoms with Crippen molar-refractivity contribution in [3.63, 3.8) is 0 Å². The Labute approximate surface area is 182 Å². The zero-order valence-corrected chi connectivity index (χ0v) is 17.4. The van der Waals surface area contributed by atoms with Crippen molar-refractivity contribution in [1.29, 1.82) is 0 Å². The molecular weight excluding hydrogens is 426 g/mol. The maximum absolute atomic E-state index is 12.7. The normalized spacial score (nSPS) is 13.4. The number of carbonyl (C=O) groups is 1. The van der Waals surface area contributed by atoms with Gasteiger partial charge in [0.25, 0.3) is 11.4 Å². The number of ether oxygens (including phenoxy) is 2. The van der Waals surface area contributed by atoms with E-state index in [9.17, 15) is 25.0 Å². The summed E-state index contributed by atoms with van der Waals surface area (Å²) in [7, 11) is 1.39. The number of piperidine rings is 1. The number of esters is 1. The van der Waals surface area contributed by atoms with Crippen molar-refractivity contribution in [1.82, 2.24) is 4.90 Å². The number of likely N-dealkylation sites (tertiary alicyclic amines) is 1. The predicted molar refractivity (Wildman–Crippen MR) is 115 cm³/mol. The third kappa shape index (κ3) is 4.94. The van der Waals surface area contributed by atoms with Crippen LogP contribution in [0.1, 0.15) is 35.2 Å². The second kappa shape index (κ2) is 9.47. The van der Waals surface area contributed by atoms with E-state index in [0.717, 1.165) is 50.6 Å². The van der Waals surface area contributed by atoms with Crippen molar-refractivity contribution in [3.05, 3.63) is 67.8 Å². The van der Waals surface area contributed by atoms with Crippen molar-refractivity contribution >= 4 is 34.6 Å². The van der Waals surface area contributed by atoms with Gasteiger partial charge in [0.2, 0.25) is 0 Å². The van der Waals surface area contributed by atoms with Crippen LogP contribution in [0.3, 0.4) is 0 Å². The predicted octanol–water partition coefficient (Wildman–Crippen LogP) is 3.89. The lowest BCUT2D eigenvalue weighted by Gasteiger charge is -2.29. The summed E-state index contributed by atoms with van der Waals surface area (Å²) in [5, 5.41) is 22.2. The molecule has 31 heavy (non-hydrogen) atoms. The van der Waals surface area contributed by atoms with Crippen LogP contribution in [0.4, 0.5) is 11.4 Å². The number of nitro benzene ring substituents is 2. The van der Waals surface area contributed by atoms with Crippen LogP contribution in [0.2, 0.25) is 0 Å². The Morgan fingerprint density at radius 3 is 2.32 bits per heavy atom. The van der Waals surface area contributed by atoms with Crippen LogP contribution in [0.5, 0.6) is 11.5 Å². The van der Waals surface area contributed by atoms with E-state index in [2.05, 4.69) is 4.90 Å². The Bertz CT molecular complexity index is 1050. The molecule has 1 aliphatic heterocycles. The number of thiocarbonyl (C=S) groups is 1. The van der Waals surface area contributed by atoms with Gasteiger partial charge in [-0.25, -0.2) is 4.79 Å². The highest BCUT2D eigenvalue weighted by Gasteiger charge is 2.26. The molecule has 0 N–H and O–H groups in total. The number of carbonyl (C=O) groups excluding carboxylic acids is 1. The van der Waals surface area contributed by atoms with Crippen molar-refractivity contribution in [2.45, 2.75) is 19.3 Å². The lowest BCUT2D eigenvalue weighted by atomic mass is 10.1. The number of nitrogens with zero attached hydrogens (tertiary/aromatic N) is 3. The molecule has 3 rings (SSSR count). The first-order chi connectivity index (χ1) is 14.8. The average Bonchev–Trinajstić information content (AvgIpc) is 2.78. The van der Waals surface area contributed by atoms with E-state index in [1.807, 2.05) is 0 Å². The van der Waals surface area contributed by atoms with E-state index in [1.165, 1.54) is 7.11 Å². The van der Waals surface area contributed by atoms with Crippen molar-refractivity contribution in [2.75, 3.05) is 20.2 Å². The van der Waals surface area contributed by atoms with E-state index >= 15 is 0 Å². The first-order valence-electron chi connectivity index (χ1n) is 9.44. The highest BCUT2D eigenvalue weighted by atomic mass is 32.1. The standard InChI is InChI=1S/C20H19N3O7S/c1-29-17-8-5-13(19(31)21-9-3-2-4-10-21)11-18(17)30-20(24)15-7-6-14(22(25)26)12-16(15)23(27)28/h5-8,11-12H,2-4,9-10H2,1H3. The van der Waals surface area contributed by atoms with Gasteiger partial charge in [0.15, 0.2) is 11.5 Å². The molecule has 0 radical (unpaired) electrons. The molecule has 1 saturated heterocycles. The molecule has 2 aromatic carbocycles. The third-order valence-electron chi connectivity index (χ3n) is 4.87. The van der Waals surface area contributed by atoms with Crippen LogP contribution in [0.25, 0.3) is 0 Å². The molecular formula is C20H19N3O7S. The monoisotopic (exact) mass is 445 g/mol. The molecule has 0 aromatic heterocycles. The summed E-state index contributed by atoms with van der Waals surface area (Å²) in [6.07, 6.45) is 3.24. The van der Waals surface area contributed by atoms with Crippen LogP contribution < -0.4 is 9.47 Å². The van der Waals surface area contributed by atoms with Gasteiger partial charge in [-0.1, -0.05) is 12.2 Å². The zero-order valence-electron chi connectivity index (χ0n) is 16.6. The molecule has 0 unspecified atom stereocenters. The van der Waals surface area contributed by atoms with Gasteiger partial charge in [-0.15, -0.1) is 0 Å². The fourth-order valence-electron chi connectivity index (χ4n) is 3.28. The molecule has 1 heterocycles. The van der Waals surface area contributed by atoms with Crippen molar-refractivity contribution in [3.8, 4) is 11.5 Å². The third-order valence-corrected chi connectivity index (χ3v) is 5.36. The quantitative estimate of drug-likeness (QED) is 0.214. The van der Waals surface area contributed by atoms with Crippen molar-refractivity contribution in [2.24, 2.45) is 0 Å². The summed E-state index contributed by atoms with van der Waals surface area (Å²) in [5.74, 6) is -0.763. The van der Waals surface area contributed by atoms with E-state index in [0.29, 0.717) is 10.6 Å². The topological polar surface area (TPSA) is 125 Å². The minimum atomic E-state index is -1.04. The highest BCUT2D eigenvalue weighted by molar-refractivity contribution is 7.80. The first kappa shape index (κ1) is 22.1. The maximum Gasteiger partial charge on any atom is 0.350 e. The highest BCUT2D eigenvalue weighted by Crippen LogP contribution is 2.32. The van der Waals surface area contributed by atoms with E-state index in [-0.39, 0.29) is 11.5 Å². The lowest BCUT2D eigenvalue weighted by Crippen LogP contribution is -2.34. The minimum absolute atomic E-state index is 0.0389. The smallest absolute Gasteiger partial charge is 0.350 e. The zero-order chi connectivity index (χ0) is 22.5. The number of methoxy groups -OCH3 is 1. The van der Waals surface area contributed by atoms with E-state index < -0.39 is 32.8 Å². The van der Waals surface area contributed by atoms with Crippen LogP contribution >= 0.6 is 12.2 Å². The summed E-state index contributed by atoms with van der Waals surface area (Å²) in [5.41, 5.74) is -0.992. The minimum Gasteiger partial charge on any atom is -0.493 e. The Balaban J connectivity index is 1.91. The molecule has 11 heteroatoms. The number of benzene rings is 2. The van der Waals surface area contributed by atoms with Crippen molar-refractivity contribution < 1.29 is 24.1 Å². The number of nitro groups is 2. The van der Waals surface area contributed by atoms with Crippen LogP contribution in [0.15, 0.2) is 36.4 Å². The second-order valence-corrected chi connectivity index (χ2v) is 7.21. The number of hydrogen-bond acceptors (Lipinski definition) is 8. The number of non-ortho nitro benzene ring substituents is 1. The van der Waals surface area contributed by atoms with Crippen LogP contribution in [-0.2, 0) is 0 Å². The summed E-state index contributed by atoms with van der Waals surface area (Å²) in [6, 6.07) is 7.61. The molecule has 0 aliphatic carbocycles. The van der Waals surface area contributed by atoms with Gasteiger partial charge in [0.05, 0.1) is 23.0 Å². The van der Waals surface area contributed by atoms with Gasteiger partial charge in [0, 0.05) is 24.7 Å². The van der Waals surface area contributed by atoms with Gasteiger partial charge in [-0.2, -0.15) is 0 Å². The molecule has 0 amide bonds. The molecule has 0 atom stereocenters. The SMILES string of the molecule is COc1ccc(C(=S)N2CCCCC2)cc1OC(=O)c1ccc([N+](=O)[O-])cc1[N+](=O)[O-]. The number of hydrogen-bond donors (Lipinski definition) is 0. The Hall–Kier alpha value is -3.60. The average molecular weight is 445 g/mol. The van der Waals surface area contributed by atoms with Gasteiger partial charge >= 0.3 is 5.97 Å². The maximum atomic E-state index is 12.7. The molecule has 2 aromatic rings. The van der Waals surface area contributed by atoms with Crippen LogP contribution in [-0.4, -0.2) is 45.9 Å². The van der Waals surface area contributed by atoms with Gasteiger partial charge in [-0.05, 0) is 43.5 Å². The molecule has 162 valence electrons. The summed E-state index contributed by atoms with van der Waals surface area (Å²) >= 11 is 5.57. The molecule has 1 aliphatic rings. The summed E-state index contributed by atoms with van der Waals surface area (Å²) in [4.78, 5) is 35.9. The number of rotatable bonds is 6. The largest absolute Gasteiger partial charge is 0.493 e. The summed E-state index contributed by atoms with van der Waals surface area (Å²) in [6.45, 7) is 1.68. The van der Waals surface area contributed by atoms with E-state index in [1.54, 1.807) is 18.2 Å². The Morgan fingerprint density at radius 1 is 1.00 bits per heavy atom. The molecule has 0 saturated carbocycles. The molecule has 0 bridgehead atoms. The molecule has 1 fully saturated rings. The Morgan fingerprint density at radius 2 is 1.71 bits per heavy atom. The summed E-state index contributed by atoms with van der Waals surface area (Å²) < 4.78 is 10.6. The molecule has 10 nitrogen and oxygen atoms in total. The van der Waals surface area contributed by atoms with Crippen LogP contribution in [0, 0.1) is 20.2 Å². The van der Waals surface area contributed by atoms with Gasteiger partial charge in [0.1, 0.15) is 10.6 Å². The fraction of sp³-hybridized carbons (Fsp3) is 0.300. The fourth-order valence-corrected chi connectivity index (χ4v) is 3.59. The van der Waals surface area contributed by atoms with E-state index in [4.69, 9.17) is 21.7 Å². The second-order valence-electron chi connectivity index (χ2n) is 6.82. The lowest BCUT2D eigenvalue weighted by molar-refractivity contribution is -0.394.